The Morgan fingerprint density at radius 3 is 2.87 bits per heavy atom. The van der Waals surface area contributed by atoms with E-state index < -0.39 is 0 Å². The second-order valence-electron chi connectivity index (χ2n) is 4.10. The molecule has 15 heavy (non-hydrogen) atoms. The van der Waals surface area contributed by atoms with E-state index in [0.29, 0.717) is 0 Å². The molecule has 0 unspecified atom stereocenters. The number of rotatable bonds is 5. The van der Waals surface area contributed by atoms with Crippen LogP contribution in [-0.2, 0) is 0 Å². The Morgan fingerprint density at radius 2 is 2.27 bits per heavy atom. The summed E-state index contributed by atoms with van der Waals surface area (Å²) in [6, 6.07) is 6.90. The summed E-state index contributed by atoms with van der Waals surface area (Å²) in [5.41, 5.74) is 0. The lowest BCUT2D eigenvalue weighted by atomic mass is 10.3. The highest BCUT2D eigenvalue weighted by molar-refractivity contribution is 9.10. The molecule has 2 nitrogen and oxygen atoms in total. The predicted octanol–water partition coefficient (Wildman–Crippen LogP) is 3.61. The van der Waals surface area contributed by atoms with Gasteiger partial charge in [0.05, 0.1) is 0 Å². The number of anilines is 1. The fourth-order valence-corrected chi connectivity index (χ4v) is 2.09. The summed E-state index contributed by atoms with van der Waals surface area (Å²) in [5.74, 6) is 1.13. The summed E-state index contributed by atoms with van der Waals surface area (Å²) in [4.78, 5) is 6.98. The molecule has 2 rings (SSSR count). The van der Waals surface area contributed by atoms with Gasteiger partial charge in [-0.3, -0.25) is 0 Å². The summed E-state index contributed by atoms with van der Waals surface area (Å²) in [6.45, 7) is 3.38. The second kappa shape index (κ2) is 4.97. The molecule has 0 bridgehead atoms. The Bertz CT molecular complexity index is 323. The molecule has 0 saturated heterocycles. The summed E-state index contributed by atoms with van der Waals surface area (Å²) in [6.07, 6.45) is 5.16. The van der Waals surface area contributed by atoms with E-state index in [9.17, 15) is 0 Å². The molecule has 1 aromatic rings. The van der Waals surface area contributed by atoms with Crippen LogP contribution >= 0.6 is 15.9 Å². The molecule has 0 N–H and O–H groups in total. The molecule has 1 aliphatic rings. The third-order valence-electron chi connectivity index (χ3n) is 2.73. The summed E-state index contributed by atoms with van der Waals surface area (Å²) in [5, 5.41) is 0. The van der Waals surface area contributed by atoms with Crippen molar-refractivity contribution in [2.75, 3.05) is 11.4 Å². The van der Waals surface area contributed by atoms with E-state index in [1.165, 1.54) is 25.7 Å². The van der Waals surface area contributed by atoms with Crippen molar-refractivity contribution in [2.24, 2.45) is 0 Å². The van der Waals surface area contributed by atoms with Crippen LogP contribution in [0.2, 0.25) is 0 Å². The Morgan fingerprint density at radius 1 is 1.47 bits per heavy atom. The zero-order valence-electron chi connectivity index (χ0n) is 9.12. The minimum absolute atomic E-state index is 0.748. The van der Waals surface area contributed by atoms with Gasteiger partial charge in [0.2, 0.25) is 0 Å². The third-order valence-corrected chi connectivity index (χ3v) is 3.18. The minimum Gasteiger partial charge on any atom is -0.354 e. The number of pyridine rings is 1. The SMILES string of the molecule is CCCCN(c1cccc(Br)n1)C1CC1. The van der Waals surface area contributed by atoms with E-state index in [2.05, 4.69) is 44.9 Å². The minimum atomic E-state index is 0.748. The van der Waals surface area contributed by atoms with E-state index in [4.69, 9.17) is 0 Å². The van der Waals surface area contributed by atoms with Crippen molar-refractivity contribution in [3.8, 4) is 0 Å². The molecule has 0 aliphatic heterocycles. The van der Waals surface area contributed by atoms with Crippen LogP contribution in [0, 0.1) is 0 Å². The fraction of sp³-hybridized carbons (Fsp3) is 0.583. The fourth-order valence-electron chi connectivity index (χ4n) is 1.76. The van der Waals surface area contributed by atoms with Gasteiger partial charge in [-0.25, -0.2) is 4.98 Å². The van der Waals surface area contributed by atoms with Crippen molar-refractivity contribution in [1.82, 2.24) is 4.98 Å². The smallest absolute Gasteiger partial charge is 0.130 e. The van der Waals surface area contributed by atoms with Crippen LogP contribution in [0.25, 0.3) is 0 Å². The van der Waals surface area contributed by atoms with Gasteiger partial charge in [0.15, 0.2) is 0 Å². The lowest BCUT2D eigenvalue weighted by Gasteiger charge is -2.23. The standard InChI is InChI=1S/C12H17BrN2/c1-2-3-9-15(10-7-8-10)12-6-4-5-11(13)14-12/h4-6,10H,2-3,7-9H2,1H3. The quantitative estimate of drug-likeness (QED) is 0.759. The number of unbranched alkanes of at least 4 members (excludes halogenated alkanes) is 1. The van der Waals surface area contributed by atoms with Gasteiger partial charge in [-0.1, -0.05) is 19.4 Å². The number of nitrogens with zero attached hydrogens (tertiary/aromatic N) is 2. The first kappa shape index (κ1) is 10.9. The van der Waals surface area contributed by atoms with Crippen LogP contribution in [0.15, 0.2) is 22.8 Å². The molecule has 1 heterocycles. The summed E-state index contributed by atoms with van der Waals surface area (Å²) >= 11 is 3.43. The number of hydrogen-bond acceptors (Lipinski definition) is 2. The van der Waals surface area contributed by atoms with Crippen molar-refractivity contribution in [3.63, 3.8) is 0 Å². The third kappa shape index (κ3) is 2.94. The number of aromatic nitrogens is 1. The maximum absolute atomic E-state index is 4.53. The number of hydrogen-bond donors (Lipinski definition) is 0. The van der Waals surface area contributed by atoms with Gasteiger partial charge in [0.1, 0.15) is 10.4 Å². The van der Waals surface area contributed by atoms with Crippen LogP contribution in [0.3, 0.4) is 0 Å². The average Bonchev–Trinajstić information content (AvgIpc) is 3.03. The summed E-state index contributed by atoms with van der Waals surface area (Å²) < 4.78 is 0.933. The van der Waals surface area contributed by atoms with Gasteiger partial charge in [0, 0.05) is 12.6 Å². The molecular weight excluding hydrogens is 252 g/mol. The first-order valence-electron chi connectivity index (χ1n) is 5.70. The summed E-state index contributed by atoms with van der Waals surface area (Å²) in [7, 11) is 0. The van der Waals surface area contributed by atoms with E-state index in [1.54, 1.807) is 0 Å². The first-order valence-corrected chi connectivity index (χ1v) is 6.49. The first-order chi connectivity index (χ1) is 7.31. The van der Waals surface area contributed by atoms with Gasteiger partial charge in [-0.2, -0.15) is 0 Å². The second-order valence-corrected chi connectivity index (χ2v) is 4.91. The van der Waals surface area contributed by atoms with Gasteiger partial charge in [0.25, 0.3) is 0 Å². The molecular formula is C12H17BrN2. The Hall–Kier alpha value is -0.570. The van der Waals surface area contributed by atoms with Crippen molar-refractivity contribution < 1.29 is 0 Å². The zero-order chi connectivity index (χ0) is 10.7. The Labute approximate surface area is 99.8 Å². The van der Waals surface area contributed by atoms with Crippen molar-refractivity contribution in [1.29, 1.82) is 0 Å². The molecule has 0 aromatic carbocycles. The molecule has 1 fully saturated rings. The molecule has 0 atom stereocenters. The van der Waals surface area contributed by atoms with Crippen molar-refractivity contribution in [3.05, 3.63) is 22.8 Å². The highest BCUT2D eigenvalue weighted by Crippen LogP contribution is 2.31. The highest BCUT2D eigenvalue weighted by atomic mass is 79.9. The van der Waals surface area contributed by atoms with E-state index >= 15 is 0 Å². The van der Waals surface area contributed by atoms with Crippen LogP contribution in [0.5, 0.6) is 0 Å². The largest absolute Gasteiger partial charge is 0.354 e. The Kier molecular flexibility index (Phi) is 3.62. The van der Waals surface area contributed by atoms with Crippen LogP contribution < -0.4 is 4.90 Å². The van der Waals surface area contributed by atoms with Crippen molar-refractivity contribution >= 4 is 21.7 Å². The highest BCUT2D eigenvalue weighted by Gasteiger charge is 2.29. The van der Waals surface area contributed by atoms with Gasteiger partial charge < -0.3 is 4.90 Å². The topological polar surface area (TPSA) is 16.1 Å². The molecule has 1 aromatic heterocycles. The van der Waals surface area contributed by atoms with Crippen LogP contribution in [-0.4, -0.2) is 17.6 Å². The lowest BCUT2D eigenvalue weighted by Crippen LogP contribution is -2.27. The Balaban J connectivity index is 2.09. The molecule has 1 aliphatic carbocycles. The normalized spacial score (nSPS) is 15.3. The predicted molar refractivity (Wildman–Crippen MR) is 67.2 cm³/mol. The molecule has 0 spiro atoms. The zero-order valence-corrected chi connectivity index (χ0v) is 10.7. The van der Waals surface area contributed by atoms with Crippen LogP contribution in [0.1, 0.15) is 32.6 Å². The molecule has 1 saturated carbocycles. The maximum atomic E-state index is 4.53. The van der Waals surface area contributed by atoms with Crippen LogP contribution in [0.4, 0.5) is 5.82 Å². The van der Waals surface area contributed by atoms with Gasteiger partial charge >= 0.3 is 0 Å². The molecule has 3 heteroatoms. The van der Waals surface area contributed by atoms with E-state index in [1.807, 2.05) is 6.07 Å². The molecule has 82 valence electrons. The van der Waals surface area contributed by atoms with Crippen molar-refractivity contribution in [2.45, 2.75) is 38.6 Å². The van der Waals surface area contributed by atoms with E-state index in [0.717, 1.165) is 23.0 Å². The average molecular weight is 269 g/mol. The maximum Gasteiger partial charge on any atom is 0.130 e. The number of halogens is 1. The monoisotopic (exact) mass is 268 g/mol. The molecule has 0 radical (unpaired) electrons. The van der Waals surface area contributed by atoms with Gasteiger partial charge in [-0.05, 0) is 47.3 Å². The lowest BCUT2D eigenvalue weighted by molar-refractivity contribution is 0.704. The van der Waals surface area contributed by atoms with Gasteiger partial charge in [-0.15, -0.1) is 0 Å². The molecule has 0 amide bonds. The van der Waals surface area contributed by atoms with E-state index in [-0.39, 0.29) is 0 Å².